The zero-order valence-electron chi connectivity index (χ0n) is 12.5. The van der Waals surface area contributed by atoms with Gasteiger partial charge in [-0.05, 0) is 61.4 Å². The van der Waals surface area contributed by atoms with Gasteiger partial charge in [-0.3, -0.25) is 0 Å². The zero-order chi connectivity index (χ0) is 14.4. The molecular weight excluding hydrogens is 258 g/mol. The average molecular weight is 284 g/mol. The van der Waals surface area contributed by atoms with E-state index in [0.717, 1.165) is 30.2 Å². The molecule has 2 N–H and O–H groups in total. The summed E-state index contributed by atoms with van der Waals surface area (Å²) in [6.45, 7) is 9.98. The SMILES string of the molecule is CCOc1c(C(C)C)cc(Cl)cc1C(C)CCCN. The normalized spacial score (nSPS) is 12.8. The minimum absolute atomic E-state index is 0.403. The lowest BCUT2D eigenvalue weighted by Gasteiger charge is -2.21. The molecule has 0 heterocycles. The van der Waals surface area contributed by atoms with Crippen LogP contribution in [0.2, 0.25) is 5.02 Å². The van der Waals surface area contributed by atoms with Crippen LogP contribution >= 0.6 is 11.6 Å². The lowest BCUT2D eigenvalue weighted by Crippen LogP contribution is -2.07. The molecule has 1 aromatic carbocycles. The van der Waals surface area contributed by atoms with Crippen molar-refractivity contribution in [2.45, 2.75) is 52.4 Å². The molecule has 0 saturated heterocycles. The summed E-state index contributed by atoms with van der Waals surface area (Å²) in [6.07, 6.45) is 2.09. The molecule has 0 fully saturated rings. The van der Waals surface area contributed by atoms with Crippen molar-refractivity contribution in [2.75, 3.05) is 13.2 Å². The third kappa shape index (κ3) is 4.39. The van der Waals surface area contributed by atoms with Crippen molar-refractivity contribution >= 4 is 11.6 Å². The van der Waals surface area contributed by atoms with Crippen LogP contribution in [0.1, 0.15) is 63.5 Å². The molecule has 1 aromatic rings. The number of halogens is 1. The quantitative estimate of drug-likeness (QED) is 0.787. The summed E-state index contributed by atoms with van der Waals surface area (Å²) < 4.78 is 5.90. The predicted molar refractivity (Wildman–Crippen MR) is 83.4 cm³/mol. The van der Waals surface area contributed by atoms with Gasteiger partial charge in [0.05, 0.1) is 6.61 Å². The first-order valence-electron chi connectivity index (χ1n) is 7.17. The molecule has 0 aliphatic carbocycles. The third-order valence-corrected chi connectivity index (χ3v) is 3.61. The molecular formula is C16H26ClNO. The Balaban J connectivity index is 3.19. The maximum Gasteiger partial charge on any atom is 0.126 e. The molecule has 0 aromatic heterocycles. The van der Waals surface area contributed by atoms with Crippen molar-refractivity contribution in [2.24, 2.45) is 5.73 Å². The topological polar surface area (TPSA) is 35.2 Å². The lowest BCUT2D eigenvalue weighted by atomic mass is 9.90. The first kappa shape index (κ1) is 16.3. The van der Waals surface area contributed by atoms with E-state index in [-0.39, 0.29) is 0 Å². The van der Waals surface area contributed by atoms with Crippen LogP contribution in [0.4, 0.5) is 0 Å². The van der Waals surface area contributed by atoms with Gasteiger partial charge in [0.25, 0.3) is 0 Å². The molecule has 2 nitrogen and oxygen atoms in total. The molecule has 0 spiro atoms. The van der Waals surface area contributed by atoms with Crippen LogP contribution in [0.25, 0.3) is 0 Å². The molecule has 0 saturated carbocycles. The highest BCUT2D eigenvalue weighted by molar-refractivity contribution is 6.30. The summed E-state index contributed by atoms with van der Waals surface area (Å²) in [5, 5.41) is 0.793. The van der Waals surface area contributed by atoms with Gasteiger partial charge in [0, 0.05) is 5.02 Å². The van der Waals surface area contributed by atoms with Gasteiger partial charge in [0.2, 0.25) is 0 Å². The maximum atomic E-state index is 6.26. The van der Waals surface area contributed by atoms with E-state index in [2.05, 4.69) is 20.8 Å². The van der Waals surface area contributed by atoms with Gasteiger partial charge in [0.15, 0.2) is 0 Å². The summed E-state index contributed by atoms with van der Waals surface area (Å²) in [5.74, 6) is 1.84. The van der Waals surface area contributed by atoms with Gasteiger partial charge in [-0.25, -0.2) is 0 Å². The summed E-state index contributed by atoms with van der Waals surface area (Å²) in [4.78, 5) is 0. The lowest BCUT2D eigenvalue weighted by molar-refractivity contribution is 0.328. The minimum atomic E-state index is 0.403. The Bertz CT molecular complexity index is 404. The molecule has 3 heteroatoms. The maximum absolute atomic E-state index is 6.26. The number of hydrogen-bond acceptors (Lipinski definition) is 2. The van der Waals surface area contributed by atoms with Gasteiger partial charge < -0.3 is 10.5 Å². The Kier molecular flexibility index (Phi) is 6.67. The highest BCUT2D eigenvalue weighted by atomic mass is 35.5. The number of nitrogens with two attached hydrogens (primary N) is 1. The van der Waals surface area contributed by atoms with E-state index in [1.165, 1.54) is 11.1 Å². The molecule has 19 heavy (non-hydrogen) atoms. The van der Waals surface area contributed by atoms with Crippen LogP contribution in [0.5, 0.6) is 5.75 Å². The fourth-order valence-corrected chi connectivity index (χ4v) is 2.56. The van der Waals surface area contributed by atoms with E-state index in [4.69, 9.17) is 22.1 Å². The van der Waals surface area contributed by atoms with Gasteiger partial charge in [-0.15, -0.1) is 0 Å². The number of rotatable bonds is 7. The highest BCUT2D eigenvalue weighted by Crippen LogP contribution is 2.38. The molecule has 108 valence electrons. The Morgan fingerprint density at radius 1 is 1.21 bits per heavy atom. The summed E-state index contributed by atoms with van der Waals surface area (Å²) >= 11 is 6.26. The average Bonchev–Trinajstić information content (AvgIpc) is 2.37. The molecule has 1 unspecified atom stereocenters. The van der Waals surface area contributed by atoms with E-state index < -0.39 is 0 Å². The van der Waals surface area contributed by atoms with E-state index in [1.807, 2.05) is 19.1 Å². The first-order chi connectivity index (χ1) is 9.01. The van der Waals surface area contributed by atoms with Crippen LogP contribution in [-0.2, 0) is 0 Å². The molecule has 0 bridgehead atoms. The Hall–Kier alpha value is -0.730. The molecule has 0 amide bonds. The second-order valence-electron chi connectivity index (χ2n) is 5.33. The Morgan fingerprint density at radius 2 is 1.84 bits per heavy atom. The summed E-state index contributed by atoms with van der Waals surface area (Å²) in [7, 11) is 0. The largest absolute Gasteiger partial charge is 0.493 e. The van der Waals surface area contributed by atoms with E-state index in [9.17, 15) is 0 Å². The molecule has 0 radical (unpaired) electrons. The second-order valence-corrected chi connectivity index (χ2v) is 5.77. The third-order valence-electron chi connectivity index (χ3n) is 3.39. The minimum Gasteiger partial charge on any atom is -0.493 e. The van der Waals surface area contributed by atoms with E-state index >= 15 is 0 Å². The van der Waals surface area contributed by atoms with Crippen molar-refractivity contribution < 1.29 is 4.74 Å². The van der Waals surface area contributed by atoms with Crippen molar-refractivity contribution in [3.8, 4) is 5.75 Å². The van der Waals surface area contributed by atoms with Crippen LogP contribution in [0, 0.1) is 0 Å². The molecule has 1 rings (SSSR count). The number of benzene rings is 1. The van der Waals surface area contributed by atoms with Crippen LogP contribution in [0.15, 0.2) is 12.1 Å². The second kappa shape index (κ2) is 7.76. The predicted octanol–water partition coefficient (Wildman–Crippen LogP) is 4.70. The van der Waals surface area contributed by atoms with E-state index in [1.54, 1.807) is 0 Å². The first-order valence-corrected chi connectivity index (χ1v) is 7.55. The smallest absolute Gasteiger partial charge is 0.126 e. The zero-order valence-corrected chi connectivity index (χ0v) is 13.3. The molecule has 0 aliphatic heterocycles. The van der Waals surface area contributed by atoms with Crippen LogP contribution < -0.4 is 10.5 Å². The highest BCUT2D eigenvalue weighted by Gasteiger charge is 2.18. The van der Waals surface area contributed by atoms with Crippen molar-refractivity contribution in [3.63, 3.8) is 0 Å². The van der Waals surface area contributed by atoms with Gasteiger partial charge in [0.1, 0.15) is 5.75 Å². The van der Waals surface area contributed by atoms with Crippen molar-refractivity contribution in [3.05, 3.63) is 28.3 Å². The van der Waals surface area contributed by atoms with Crippen molar-refractivity contribution in [1.29, 1.82) is 0 Å². The van der Waals surface area contributed by atoms with E-state index in [0.29, 0.717) is 18.4 Å². The van der Waals surface area contributed by atoms with Crippen molar-refractivity contribution in [1.82, 2.24) is 0 Å². The Labute approximate surface area is 122 Å². The summed E-state index contributed by atoms with van der Waals surface area (Å²) in [6, 6.07) is 4.07. The molecule has 1 atom stereocenters. The Morgan fingerprint density at radius 3 is 2.37 bits per heavy atom. The standard InChI is InChI=1S/C16H26ClNO/c1-5-19-16-14(11(2)3)9-13(17)10-15(16)12(4)7-6-8-18/h9-12H,5-8,18H2,1-4H3. The number of hydrogen-bond donors (Lipinski definition) is 1. The molecule has 0 aliphatic rings. The fraction of sp³-hybridized carbons (Fsp3) is 0.625. The number of ether oxygens (including phenoxy) is 1. The van der Waals surface area contributed by atoms with Gasteiger partial charge in [-0.1, -0.05) is 32.4 Å². The van der Waals surface area contributed by atoms with Gasteiger partial charge >= 0.3 is 0 Å². The van der Waals surface area contributed by atoms with Crippen LogP contribution in [0.3, 0.4) is 0 Å². The van der Waals surface area contributed by atoms with Crippen LogP contribution in [-0.4, -0.2) is 13.2 Å². The monoisotopic (exact) mass is 283 g/mol. The summed E-state index contributed by atoms with van der Waals surface area (Å²) in [5.41, 5.74) is 8.01. The fourth-order valence-electron chi connectivity index (χ4n) is 2.32. The van der Waals surface area contributed by atoms with Gasteiger partial charge in [-0.2, -0.15) is 0 Å².